The van der Waals surface area contributed by atoms with Crippen molar-refractivity contribution in [2.75, 3.05) is 63.3 Å². The molecule has 42 heavy (non-hydrogen) atoms. The van der Waals surface area contributed by atoms with Gasteiger partial charge in [0.2, 0.25) is 5.91 Å². The van der Waals surface area contributed by atoms with Crippen LogP contribution in [0.5, 0.6) is 0 Å². The van der Waals surface area contributed by atoms with Crippen molar-refractivity contribution in [1.29, 1.82) is 0 Å². The van der Waals surface area contributed by atoms with E-state index in [1.807, 2.05) is 24.3 Å². The van der Waals surface area contributed by atoms with Crippen molar-refractivity contribution in [3.63, 3.8) is 0 Å². The normalized spacial score (nSPS) is 17.5. The lowest BCUT2D eigenvalue weighted by Crippen LogP contribution is -2.41. The molecular formula is C28H33FN8O5. The maximum atomic E-state index is 13.4. The van der Waals surface area contributed by atoms with Gasteiger partial charge in [0.15, 0.2) is 5.96 Å². The Morgan fingerprint density at radius 2 is 2.05 bits per heavy atom. The second-order valence-corrected chi connectivity index (χ2v) is 9.92. The Labute approximate surface area is 241 Å². The van der Waals surface area contributed by atoms with Crippen molar-refractivity contribution < 1.29 is 28.2 Å². The Morgan fingerprint density at radius 1 is 1.21 bits per heavy atom. The van der Waals surface area contributed by atoms with Gasteiger partial charge in [0.25, 0.3) is 5.91 Å². The summed E-state index contributed by atoms with van der Waals surface area (Å²) in [5.41, 5.74) is 3.10. The van der Waals surface area contributed by atoms with Crippen LogP contribution in [0.15, 0.2) is 47.6 Å². The number of H-pyrrole nitrogens is 1. The fourth-order valence-corrected chi connectivity index (χ4v) is 4.79. The van der Waals surface area contributed by atoms with Gasteiger partial charge in [-0.1, -0.05) is 12.1 Å². The quantitative estimate of drug-likeness (QED) is 0.235. The van der Waals surface area contributed by atoms with E-state index in [0.29, 0.717) is 35.8 Å². The zero-order valence-electron chi connectivity index (χ0n) is 23.1. The lowest BCUT2D eigenvalue weighted by molar-refractivity contribution is -0.141. The highest BCUT2D eigenvalue weighted by Crippen LogP contribution is 2.25. The van der Waals surface area contributed by atoms with Crippen molar-refractivity contribution in [3.8, 4) is 0 Å². The standard InChI is InChI=1S/C28H33FN8O5/c1-41-26(39)12-22(17-3-2-4-20(9-17)37-5-7-42-8-6-37)34-25(38)16-30-27(40)18-10-23(21-15-33-36-24(21)11-18)35-28-31-13-19(29)14-32-28/h2-4,9-11,15,19,22H,5-8,12-14,16H2,1H3,(H,30,40)(H,33,36)(H,34,38)(H2,31,32,35)/t22-/m0/s1. The number of alkyl halides is 1. The van der Waals surface area contributed by atoms with Gasteiger partial charge in [0.05, 0.1) is 69.8 Å². The van der Waals surface area contributed by atoms with E-state index in [0.717, 1.165) is 24.3 Å². The zero-order chi connectivity index (χ0) is 29.5. The summed E-state index contributed by atoms with van der Waals surface area (Å²) in [5, 5.41) is 19.0. The van der Waals surface area contributed by atoms with Crippen LogP contribution in [0.1, 0.15) is 28.4 Å². The molecular weight excluding hydrogens is 547 g/mol. The molecule has 0 bridgehead atoms. The molecule has 0 saturated carbocycles. The van der Waals surface area contributed by atoms with E-state index in [2.05, 4.69) is 41.4 Å². The summed E-state index contributed by atoms with van der Waals surface area (Å²) in [6.45, 7) is 2.58. The minimum absolute atomic E-state index is 0.0354. The number of guanidine groups is 1. The predicted molar refractivity (Wildman–Crippen MR) is 154 cm³/mol. The number of rotatable bonds is 9. The second kappa shape index (κ2) is 13.3. The summed E-state index contributed by atoms with van der Waals surface area (Å²) in [7, 11) is 1.29. The predicted octanol–water partition coefficient (Wildman–Crippen LogP) is 1.26. The number of anilines is 2. The second-order valence-electron chi connectivity index (χ2n) is 9.92. The van der Waals surface area contributed by atoms with Crippen LogP contribution in [0.3, 0.4) is 0 Å². The number of nitrogens with one attached hydrogen (secondary N) is 5. The van der Waals surface area contributed by atoms with E-state index in [1.54, 1.807) is 18.3 Å². The zero-order valence-corrected chi connectivity index (χ0v) is 23.1. The number of carbonyl (C=O) groups excluding carboxylic acids is 3. The minimum atomic E-state index is -1.06. The van der Waals surface area contributed by atoms with Crippen LogP contribution in [0.25, 0.3) is 10.9 Å². The van der Waals surface area contributed by atoms with Crippen molar-refractivity contribution >= 4 is 46.0 Å². The topological polar surface area (TPSA) is 162 Å². The van der Waals surface area contributed by atoms with Crippen LogP contribution < -0.4 is 26.2 Å². The summed E-state index contributed by atoms with van der Waals surface area (Å²) in [5.74, 6) is -1.06. The van der Waals surface area contributed by atoms with E-state index in [9.17, 15) is 18.8 Å². The van der Waals surface area contributed by atoms with Gasteiger partial charge in [-0.25, -0.2) is 9.38 Å². The summed E-state index contributed by atoms with van der Waals surface area (Å²) < 4.78 is 23.7. The molecule has 0 radical (unpaired) electrons. The molecule has 1 saturated heterocycles. The van der Waals surface area contributed by atoms with Gasteiger partial charge in [0, 0.05) is 29.7 Å². The van der Waals surface area contributed by atoms with Crippen LogP contribution in [-0.4, -0.2) is 93.2 Å². The lowest BCUT2D eigenvalue weighted by Gasteiger charge is -2.29. The average Bonchev–Trinajstić information content (AvgIpc) is 3.50. The average molecular weight is 581 g/mol. The van der Waals surface area contributed by atoms with Crippen molar-refractivity contribution in [2.45, 2.75) is 18.6 Å². The number of aliphatic imine (C=N–C) groups is 1. The number of fused-ring (bicyclic) bond motifs is 1. The Morgan fingerprint density at radius 3 is 2.81 bits per heavy atom. The number of methoxy groups -OCH3 is 1. The van der Waals surface area contributed by atoms with Gasteiger partial charge in [-0.3, -0.25) is 19.5 Å². The minimum Gasteiger partial charge on any atom is -0.469 e. The number of amides is 2. The maximum absolute atomic E-state index is 13.4. The van der Waals surface area contributed by atoms with Crippen LogP contribution in [-0.2, 0) is 19.1 Å². The van der Waals surface area contributed by atoms with E-state index < -0.39 is 30.0 Å². The lowest BCUT2D eigenvalue weighted by atomic mass is 10.0. The van der Waals surface area contributed by atoms with E-state index >= 15 is 0 Å². The third kappa shape index (κ3) is 7.13. The molecule has 0 aliphatic carbocycles. The molecule has 2 aromatic carbocycles. The molecule has 2 amide bonds. The van der Waals surface area contributed by atoms with E-state index in [4.69, 9.17) is 9.47 Å². The van der Waals surface area contributed by atoms with Crippen LogP contribution in [0.2, 0.25) is 0 Å². The van der Waals surface area contributed by atoms with Crippen molar-refractivity contribution in [3.05, 3.63) is 53.7 Å². The number of carbonyl (C=O) groups is 3. The monoisotopic (exact) mass is 580 g/mol. The number of esters is 1. The molecule has 222 valence electrons. The van der Waals surface area contributed by atoms with Gasteiger partial charge in [0.1, 0.15) is 6.17 Å². The van der Waals surface area contributed by atoms with Gasteiger partial charge in [-0.15, -0.1) is 0 Å². The molecule has 3 aromatic rings. The Hall–Kier alpha value is -4.72. The number of benzene rings is 2. The molecule has 2 atom stereocenters. The van der Waals surface area contributed by atoms with E-state index in [1.165, 1.54) is 7.11 Å². The number of halogens is 1. The van der Waals surface area contributed by atoms with Gasteiger partial charge >= 0.3 is 5.97 Å². The van der Waals surface area contributed by atoms with Gasteiger partial charge < -0.3 is 35.6 Å². The largest absolute Gasteiger partial charge is 0.469 e. The smallest absolute Gasteiger partial charge is 0.307 e. The number of aromatic nitrogens is 2. The Bertz CT molecular complexity index is 1470. The number of aromatic amines is 1. The Balaban J connectivity index is 1.25. The molecule has 5 N–H and O–H groups in total. The molecule has 5 rings (SSSR count). The summed E-state index contributed by atoms with van der Waals surface area (Å²) in [4.78, 5) is 44.5. The van der Waals surface area contributed by atoms with Crippen LogP contribution in [0.4, 0.5) is 15.8 Å². The fraction of sp³-hybridized carbons (Fsp3) is 0.393. The van der Waals surface area contributed by atoms with Crippen molar-refractivity contribution in [1.82, 2.24) is 26.1 Å². The molecule has 0 spiro atoms. The first-order valence-corrected chi connectivity index (χ1v) is 13.6. The molecule has 3 heterocycles. The van der Waals surface area contributed by atoms with Crippen LogP contribution >= 0.6 is 0 Å². The molecule has 2 aliphatic heterocycles. The highest BCUT2D eigenvalue weighted by atomic mass is 19.1. The number of nitrogens with zero attached hydrogens (tertiary/aromatic N) is 3. The third-order valence-electron chi connectivity index (χ3n) is 7.00. The SMILES string of the molecule is COC(=O)C[C@H](NC(=O)CNC(=O)c1cc(NC2=NCC(F)CN2)c2cn[nH]c2c1)c1cccc(N2CCOCC2)c1. The summed E-state index contributed by atoms with van der Waals surface area (Å²) in [6.07, 6.45) is 0.465. The summed E-state index contributed by atoms with van der Waals surface area (Å²) in [6, 6.07) is 10.2. The highest BCUT2D eigenvalue weighted by molar-refractivity contribution is 6.07. The number of hydrogen-bond acceptors (Lipinski definition) is 10. The fourth-order valence-electron chi connectivity index (χ4n) is 4.79. The number of morpholine rings is 1. The number of hydrogen-bond donors (Lipinski definition) is 5. The molecule has 2 aliphatic rings. The number of ether oxygens (including phenoxy) is 2. The Kier molecular flexibility index (Phi) is 9.12. The first kappa shape index (κ1) is 28.8. The summed E-state index contributed by atoms with van der Waals surface area (Å²) >= 11 is 0. The maximum Gasteiger partial charge on any atom is 0.307 e. The molecule has 13 nitrogen and oxygen atoms in total. The molecule has 1 aromatic heterocycles. The van der Waals surface area contributed by atoms with E-state index in [-0.39, 0.29) is 31.6 Å². The van der Waals surface area contributed by atoms with Gasteiger partial charge in [-0.05, 0) is 29.8 Å². The van der Waals surface area contributed by atoms with Gasteiger partial charge in [-0.2, -0.15) is 5.10 Å². The molecule has 1 fully saturated rings. The first-order chi connectivity index (χ1) is 20.4. The third-order valence-corrected chi connectivity index (χ3v) is 7.00. The highest BCUT2D eigenvalue weighted by Gasteiger charge is 2.22. The van der Waals surface area contributed by atoms with Crippen LogP contribution in [0, 0.1) is 0 Å². The van der Waals surface area contributed by atoms with Crippen molar-refractivity contribution in [2.24, 2.45) is 4.99 Å². The first-order valence-electron chi connectivity index (χ1n) is 13.6. The molecule has 1 unspecified atom stereocenters. The molecule has 14 heteroatoms.